The molecule has 0 N–H and O–H groups in total. The van der Waals surface area contributed by atoms with Crippen LogP contribution in [0.1, 0.15) is 71.3 Å². The fourth-order valence-corrected chi connectivity index (χ4v) is 4.81. The van der Waals surface area contributed by atoms with Gasteiger partial charge in [-0.15, -0.1) is 0 Å². The molecule has 1 unspecified atom stereocenters. The monoisotopic (exact) mass is 433 g/mol. The van der Waals surface area contributed by atoms with Crippen molar-refractivity contribution in [1.29, 1.82) is 0 Å². The summed E-state index contributed by atoms with van der Waals surface area (Å²) in [5.74, 6) is 0.488. The molecule has 6 nitrogen and oxygen atoms in total. The first-order chi connectivity index (χ1) is 14.2. The van der Waals surface area contributed by atoms with Crippen LogP contribution in [0.2, 0.25) is 5.02 Å². The number of amides is 1. The first-order valence-corrected chi connectivity index (χ1v) is 11.4. The number of aromatic nitrogens is 1. The quantitative estimate of drug-likeness (QED) is 0.583. The first kappa shape index (κ1) is 21.3. The van der Waals surface area contributed by atoms with E-state index < -0.39 is 5.60 Å². The Labute approximate surface area is 183 Å². The summed E-state index contributed by atoms with van der Waals surface area (Å²) in [5, 5.41) is 0.714. The second-order valence-electron chi connectivity index (χ2n) is 9.64. The molecule has 1 atom stereocenters. The van der Waals surface area contributed by atoms with Crippen LogP contribution in [0.5, 0.6) is 0 Å². The number of carbonyl (C=O) groups is 1. The molecule has 0 radical (unpaired) electrons. The number of anilines is 1. The van der Waals surface area contributed by atoms with Crippen molar-refractivity contribution >= 4 is 34.8 Å². The van der Waals surface area contributed by atoms with E-state index in [2.05, 4.69) is 17.9 Å². The lowest BCUT2D eigenvalue weighted by Crippen LogP contribution is -2.54. The Bertz CT molecular complexity index is 914. The number of fused-ring (bicyclic) bond motifs is 1. The molecular weight excluding hydrogens is 402 g/mol. The molecule has 1 amide bonds. The Hall–Kier alpha value is -1.95. The third kappa shape index (κ3) is 4.53. The molecule has 2 aliphatic rings. The van der Waals surface area contributed by atoms with Crippen molar-refractivity contribution in [1.82, 2.24) is 9.88 Å². The van der Waals surface area contributed by atoms with Crippen molar-refractivity contribution in [3.8, 4) is 0 Å². The summed E-state index contributed by atoms with van der Waals surface area (Å²) in [6, 6.07) is 4.63. The van der Waals surface area contributed by atoms with Gasteiger partial charge in [-0.2, -0.15) is 4.98 Å². The highest BCUT2D eigenvalue weighted by molar-refractivity contribution is 6.31. The Balaban J connectivity index is 1.55. The number of oxazole rings is 1. The smallest absolute Gasteiger partial charge is 0.410 e. The van der Waals surface area contributed by atoms with Gasteiger partial charge in [0.2, 0.25) is 0 Å². The van der Waals surface area contributed by atoms with E-state index in [1.807, 2.05) is 26.8 Å². The van der Waals surface area contributed by atoms with E-state index in [4.69, 9.17) is 25.7 Å². The van der Waals surface area contributed by atoms with Crippen LogP contribution >= 0.6 is 11.6 Å². The van der Waals surface area contributed by atoms with Crippen molar-refractivity contribution in [3.63, 3.8) is 0 Å². The summed E-state index contributed by atoms with van der Waals surface area (Å²) in [4.78, 5) is 21.1. The molecule has 1 saturated carbocycles. The Morgan fingerprint density at radius 3 is 2.60 bits per heavy atom. The van der Waals surface area contributed by atoms with Gasteiger partial charge in [-0.25, -0.2) is 4.79 Å². The number of rotatable bonds is 2. The van der Waals surface area contributed by atoms with Gasteiger partial charge in [-0.1, -0.05) is 30.9 Å². The molecule has 1 saturated heterocycles. The lowest BCUT2D eigenvalue weighted by atomic mass is 9.84. The summed E-state index contributed by atoms with van der Waals surface area (Å²) in [7, 11) is 0. The number of hydrogen-bond acceptors (Lipinski definition) is 5. The summed E-state index contributed by atoms with van der Waals surface area (Å²) < 4.78 is 11.8. The van der Waals surface area contributed by atoms with Crippen molar-refractivity contribution in [2.24, 2.45) is 0 Å². The van der Waals surface area contributed by atoms with E-state index in [1.165, 1.54) is 37.7 Å². The second-order valence-corrected chi connectivity index (χ2v) is 10.1. The molecule has 4 rings (SSSR count). The summed E-state index contributed by atoms with van der Waals surface area (Å²) >= 11 is 6.42. The van der Waals surface area contributed by atoms with Crippen LogP contribution in [0.4, 0.5) is 10.8 Å². The SMILES string of the molecule is CC1CN(C(=O)OC(C)(C)C)CCN1c1nc2cc(Cl)cc(C3CCCCC3)c2o1. The van der Waals surface area contributed by atoms with Gasteiger partial charge in [0.15, 0.2) is 5.58 Å². The Kier molecular flexibility index (Phi) is 5.88. The molecule has 2 fully saturated rings. The number of nitrogens with zero attached hydrogens (tertiary/aromatic N) is 3. The van der Waals surface area contributed by atoms with Crippen LogP contribution in [0.15, 0.2) is 16.5 Å². The van der Waals surface area contributed by atoms with Gasteiger partial charge >= 0.3 is 6.09 Å². The van der Waals surface area contributed by atoms with Gasteiger partial charge in [0, 0.05) is 36.3 Å². The number of benzene rings is 1. The Morgan fingerprint density at radius 2 is 1.93 bits per heavy atom. The van der Waals surface area contributed by atoms with Crippen LogP contribution in [-0.2, 0) is 4.74 Å². The largest absolute Gasteiger partial charge is 0.444 e. The zero-order valence-corrected chi connectivity index (χ0v) is 19.2. The predicted molar refractivity (Wildman–Crippen MR) is 119 cm³/mol. The minimum absolute atomic E-state index is 0.0768. The highest BCUT2D eigenvalue weighted by Crippen LogP contribution is 2.39. The molecule has 1 aliphatic carbocycles. The Morgan fingerprint density at radius 1 is 1.20 bits per heavy atom. The molecule has 7 heteroatoms. The van der Waals surface area contributed by atoms with E-state index in [1.54, 1.807) is 4.90 Å². The molecule has 1 aromatic heterocycles. The number of carbonyl (C=O) groups excluding carboxylic acids is 1. The van der Waals surface area contributed by atoms with Crippen LogP contribution in [0.25, 0.3) is 11.1 Å². The molecule has 2 heterocycles. The third-order valence-electron chi connectivity index (χ3n) is 6.04. The molecular formula is C23H32ClN3O3. The molecule has 0 bridgehead atoms. The van der Waals surface area contributed by atoms with Gasteiger partial charge in [-0.3, -0.25) is 0 Å². The first-order valence-electron chi connectivity index (χ1n) is 11.1. The van der Waals surface area contributed by atoms with Crippen molar-refractivity contribution < 1.29 is 13.9 Å². The predicted octanol–water partition coefficient (Wildman–Crippen LogP) is 5.97. The minimum atomic E-state index is -0.494. The fourth-order valence-electron chi connectivity index (χ4n) is 4.59. The van der Waals surface area contributed by atoms with E-state index >= 15 is 0 Å². The molecule has 164 valence electrons. The number of hydrogen-bond donors (Lipinski definition) is 0. The number of piperazine rings is 1. The van der Waals surface area contributed by atoms with Crippen LogP contribution in [-0.4, -0.2) is 47.3 Å². The lowest BCUT2D eigenvalue weighted by Gasteiger charge is -2.39. The van der Waals surface area contributed by atoms with Crippen molar-refractivity contribution in [3.05, 3.63) is 22.7 Å². The van der Waals surface area contributed by atoms with Crippen molar-refractivity contribution in [2.75, 3.05) is 24.5 Å². The van der Waals surface area contributed by atoms with Gasteiger partial charge in [0.1, 0.15) is 11.1 Å². The average Bonchev–Trinajstić information content (AvgIpc) is 3.10. The maximum absolute atomic E-state index is 12.4. The van der Waals surface area contributed by atoms with E-state index in [-0.39, 0.29) is 12.1 Å². The maximum Gasteiger partial charge on any atom is 0.410 e. The highest BCUT2D eigenvalue weighted by Gasteiger charge is 2.32. The molecule has 1 aromatic carbocycles. The van der Waals surface area contributed by atoms with E-state index in [0.29, 0.717) is 36.6 Å². The van der Waals surface area contributed by atoms with Crippen LogP contribution in [0.3, 0.4) is 0 Å². The van der Waals surface area contributed by atoms with E-state index in [9.17, 15) is 4.79 Å². The summed E-state index contributed by atoms with van der Waals surface area (Å²) in [6.07, 6.45) is 5.90. The zero-order valence-electron chi connectivity index (χ0n) is 18.4. The standard InChI is InChI=1S/C23H32ClN3O3/c1-15-14-26(22(28)30-23(2,3)4)10-11-27(15)21-25-19-13-17(24)12-18(20(19)29-21)16-8-6-5-7-9-16/h12-13,15-16H,5-11,14H2,1-4H3. The minimum Gasteiger partial charge on any atom is -0.444 e. The average molecular weight is 434 g/mol. The molecule has 0 spiro atoms. The molecule has 30 heavy (non-hydrogen) atoms. The summed E-state index contributed by atoms with van der Waals surface area (Å²) in [5.41, 5.74) is 2.38. The number of halogens is 1. The van der Waals surface area contributed by atoms with Gasteiger partial charge < -0.3 is 19.0 Å². The van der Waals surface area contributed by atoms with Crippen molar-refractivity contribution in [2.45, 2.75) is 77.4 Å². The van der Waals surface area contributed by atoms with E-state index in [0.717, 1.165) is 11.1 Å². The second kappa shape index (κ2) is 8.29. The van der Waals surface area contributed by atoms with Gasteiger partial charge in [-0.05, 0) is 58.6 Å². The molecule has 1 aliphatic heterocycles. The number of ether oxygens (including phenoxy) is 1. The normalized spacial score (nSPS) is 21.3. The van der Waals surface area contributed by atoms with Gasteiger partial charge in [0.05, 0.1) is 0 Å². The van der Waals surface area contributed by atoms with Crippen LogP contribution in [0, 0.1) is 0 Å². The maximum atomic E-state index is 12.4. The highest BCUT2D eigenvalue weighted by atomic mass is 35.5. The van der Waals surface area contributed by atoms with Gasteiger partial charge in [0.25, 0.3) is 6.01 Å². The lowest BCUT2D eigenvalue weighted by molar-refractivity contribution is 0.0216. The summed E-state index contributed by atoms with van der Waals surface area (Å²) in [6.45, 7) is 9.55. The zero-order chi connectivity index (χ0) is 21.5. The molecule has 2 aromatic rings. The fraction of sp³-hybridized carbons (Fsp3) is 0.652. The topological polar surface area (TPSA) is 58.8 Å². The van der Waals surface area contributed by atoms with Crippen LogP contribution < -0.4 is 4.90 Å². The third-order valence-corrected chi connectivity index (χ3v) is 6.26.